The van der Waals surface area contributed by atoms with Crippen LogP contribution in [0.2, 0.25) is 0 Å². The molecule has 6 N–H and O–H groups in total. The number of aliphatic hydroxyl groups excluding tert-OH is 2. The lowest BCUT2D eigenvalue weighted by Crippen LogP contribution is -2.46. The monoisotopic (exact) mass is 930 g/mol. The highest BCUT2D eigenvalue weighted by Gasteiger charge is 2.47. The van der Waals surface area contributed by atoms with Crippen molar-refractivity contribution < 1.29 is 95.2 Å². The van der Waals surface area contributed by atoms with Crippen LogP contribution in [0.3, 0.4) is 0 Å². The van der Waals surface area contributed by atoms with Crippen LogP contribution in [-0.2, 0) is 60.3 Å². The first-order valence-electron chi connectivity index (χ1n) is 17.1. The summed E-state index contributed by atoms with van der Waals surface area (Å²) in [5, 5.41) is 35.9. The minimum absolute atomic E-state index is 0.0177. The Morgan fingerprint density at radius 1 is 1.03 bits per heavy atom. The Morgan fingerprint density at radius 3 is 2.37 bits per heavy atom. The maximum Gasteiger partial charge on any atom is 0.274 e. The number of amides is 2. The molecule has 31 heteroatoms. The van der Waals surface area contributed by atoms with Crippen molar-refractivity contribution in [3.05, 3.63) is 24.8 Å². The van der Waals surface area contributed by atoms with Crippen LogP contribution in [0.4, 0.5) is 5.82 Å². The number of imidazole rings is 1. The number of Topliss-reactive ketones (excluding diaryl/α,β-unsaturated/α-hetero) is 1. The topological polar surface area (TPSA) is 432 Å². The Bertz CT molecular complexity index is 2050. The van der Waals surface area contributed by atoms with E-state index in [4.69, 9.17) is 10.5 Å². The van der Waals surface area contributed by atoms with Gasteiger partial charge in [0.15, 0.2) is 22.8 Å². The van der Waals surface area contributed by atoms with Crippen LogP contribution in [0.15, 0.2) is 24.8 Å². The maximum absolute atomic E-state index is 12.5. The Balaban J connectivity index is 1.43. The number of rotatable bonds is 25. The van der Waals surface area contributed by atoms with E-state index in [0.717, 1.165) is 42.8 Å². The lowest BCUT2D eigenvalue weighted by atomic mass is 9.87. The summed E-state index contributed by atoms with van der Waals surface area (Å²) in [5.41, 5.74) is 3.98. The maximum atomic E-state index is 12.5. The van der Waals surface area contributed by atoms with Crippen LogP contribution >= 0.6 is 35.2 Å². The number of hydrogen-bond donors (Lipinski definition) is 5. The number of thioether (sulfide) groups is 1. The highest BCUT2D eigenvalue weighted by atomic mass is 32.2. The number of anilines is 1. The largest absolute Gasteiger partial charge is 0.790 e. The molecule has 2 aromatic rings. The lowest BCUT2D eigenvalue weighted by Gasteiger charge is -2.36. The fourth-order valence-electron chi connectivity index (χ4n) is 4.95. The van der Waals surface area contributed by atoms with Gasteiger partial charge in [-0.1, -0.05) is 37.8 Å². The molecular formula is C29H39N7O20P3S-5. The molecule has 27 nitrogen and oxygen atoms in total. The van der Waals surface area contributed by atoms with Crippen molar-refractivity contribution in [3.8, 4) is 0 Å². The summed E-state index contributed by atoms with van der Waals surface area (Å²) in [7, 11) is -17.7. The second-order valence-corrected chi connectivity index (χ2v) is 18.4. The van der Waals surface area contributed by atoms with Gasteiger partial charge in [-0.3, -0.25) is 32.9 Å². The van der Waals surface area contributed by atoms with E-state index in [-0.39, 0.29) is 55.1 Å². The van der Waals surface area contributed by atoms with Crippen LogP contribution in [0.1, 0.15) is 45.8 Å². The van der Waals surface area contributed by atoms with Gasteiger partial charge in [0.1, 0.15) is 42.0 Å². The fourth-order valence-corrected chi connectivity index (χ4v) is 8.38. The number of carbonyl (C=O) groups is 5. The van der Waals surface area contributed by atoms with Crippen LogP contribution < -0.4 is 41.0 Å². The molecule has 7 atom stereocenters. The number of fused-ring (bicyclic) bond motifs is 1. The molecule has 1 aliphatic rings. The zero-order chi connectivity index (χ0) is 45.1. The van der Waals surface area contributed by atoms with Crippen molar-refractivity contribution in [1.82, 2.24) is 30.2 Å². The number of nitrogens with zero attached hydrogens (tertiary/aromatic N) is 4. The SMILES string of the molecule is CC(C)(COP(=O)([O-])OP(=O)([O-])OC[C@H]1O[C@@H](n2cnc3c(N)ncnc32)[C@H](O)[C@@H]1OP(=O)([O-])[O-])[C@@H](O)C(=O)NCCC(=O)NCCSC(=O)CC(=O)C/C=C\CC(=O)[O-]. The molecule has 0 aliphatic carbocycles. The third-order valence-electron chi connectivity index (χ3n) is 7.88. The molecule has 3 rings (SSSR count). The number of nitrogens with two attached hydrogens (primary N) is 1. The number of aromatic nitrogens is 4. The van der Waals surface area contributed by atoms with Gasteiger partial charge in [0, 0.05) is 49.5 Å². The van der Waals surface area contributed by atoms with E-state index in [2.05, 4.69) is 43.5 Å². The van der Waals surface area contributed by atoms with Gasteiger partial charge in [-0.2, -0.15) is 0 Å². The van der Waals surface area contributed by atoms with Crippen LogP contribution in [0, 0.1) is 5.41 Å². The summed E-state index contributed by atoms with van der Waals surface area (Å²) in [4.78, 5) is 118. The molecule has 1 saturated heterocycles. The normalized spacial score (nSPS) is 21.0. The molecule has 0 radical (unpaired) electrons. The van der Waals surface area contributed by atoms with Crippen LogP contribution in [0.5, 0.6) is 0 Å². The first kappa shape index (κ1) is 50.8. The standard InChI is InChI=1S/C29H44N7O20P3S/c1-29(2,24(43)27(44)32-8-7-18(38)31-9-10-60-20(41)11-16(37)5-3-4-6-19(39)40)13-53-59(50,51)56-58(48,49)52-12-17-23(55-57(45,46)47)22(42)28(54-17)36-15-35-21-25(30)33-14-34-26(21)36/h3-4,14-15,17,22-24,28,42-43H,5-13H2,1-2H3,(H,31,38)(H,32,44)(H,39,40)(H,48,49)(H,50,51)(H2,30,33,34)(H2,45,46,47)/p-5/b4-3-/t17-,22-,23-,24+,28-/m1/s1. The Kier molecular flexibility index (Phi) is 18.6. The number of carboxylic acid groups (broad SMARTS) is 1. The van der Waals surface area contributed by atoms with E-state index in [1.165, 1.54) is 12.2 Å². The number of nitrogens with one attached hydrogen (secondary N) is 2. The van der Waals surface area contributed by atoms with E-state index < -0.39 is 108 Å². The van der Waals surface area contributed by atoms with Gasteiger partial charge >= 0.3 is 0 Å². The highest BCUT2D eigenvalue weighted by Crippen LogP contribution is 2.56. The van der Waals surface area contributed by atoms with Crippen molar-refractivity contribution in [2.24, 2.45) is 5.41 Å². The summed E-state index contributed by atoms with van der Waals surface area (Å²) in [6, 6.07) is 0. The van der Waals surface area contributed by atoms with Crippen LogP contribution in [-0.4, -0.2) is 115 Å². The van der Waals surface area contributed by atoms with Gasteiger partial charge in [-0.05, 0) is 0 Å². The average molecular weight is 931 g/mol. The minimum atomic E-state index is -5.95. The quantitative estimate of drug-likeness (QED) is 0.0270. The molecule has 0 spiro atoms. The van der Waals surface area contributed by atoms with Gasteiger partial charge in [0.05, 0.1) is 33.8 Å². The number of carbonyl (C=O) groups excluding carboxylic acids is 5. The molecule has 1 aliphatic heterocycles. The summed E-state index contributed by atoms with van der Waals surface area (Å²) in [6.07, 6.45) is -6.22. The number of aliphatic carboxylic acids is 1. The Morgan fingerprint density at radius 2 is 1.70 bits per heavy atom. The zero-order valence-electron chi connectivity index (χ0n) is 31.4. The van der Waals surface area contributed by atoms with E-state index in [1.807, 2.05) is 0 Å². The number of phosphoric acid groups is 3. The smallest absolute Gasteiger partial charge is 0.274 e. The molecule has 2 unspecified atom stereocenters. The number of allylic oxidation sites excluding steroid dienone is 1. The first-order valence-corrected chi connectivity index (χ1v) is 22.5. The number of carboxylic acids is 1. The van der Waals surface area contributed by atoms with E-state index in [0.29, 0.717) is 0 Å². The number of ether oxygens (including phenoxy) is 1. The molecule has 336 valence electrons. The van der Waals surface area contributed by atoms with Gasteiger partial charge in [0.25, 0.3) is 15.6 Å². The van der Waals surface area contributed by atoms with Gasteiger partial charge in [-0.25, -0.2) is 19.3 Å². The number of phosphoric ester groups is 3. The third-order valence-corrected chi connectivity index (χ3v) is 11.8. The lowest BCUT2D eigenvalue weighted by molar-refractivity contribution is -0.347. The predicted octanol–water partition coefficient (Wildman–Crippen LogP) is -4.82. The molecule has 0 bridgehead atoms. The second kappa shape index (κ2) is 22.0. The predicted molar refractivity (Wildman–Crippen MR) is 191 cm³/mol. The number of nitrogen functional groups attached to an aromatic ring is 1. The summed E-state index contributed by atoms with van der Waals surface area (Å²) in [6.45, 7) is -0.305. The van der Waals surface area contributed by atoms with Gasteiger partial charge < -0.3 is 78.9 Å². The average Bonchev–Trinajstić information content (AvgIpc) is 3.69. The van der Waals surface area contributed by atoms with Crippen molar-refractivity contribution in [3.63, 3.8) is 0 Å². The Labute approximate surface area is 343 Å². The van der Waals surface area contributed by atoms with Crippen molar-refractivity contribution in [1.29, 1.82) is 0 Å². The number of aliphatic hydroxyl groups is 2. The van der Waals surface area contributed by atoms with Crippen molar-refractivity contribution >= 4 is 80.9 Å². The molecule has 60 heavy (non-hydrogen) atoms. The fraction of sp³-hybridized carbons (Fsp3) is 0.586. The van der Waals surface area contributed by atoms with E-state index >= 15 is 0 Å². The molecular weight excluding hydrogens is 891 g/mol. The zero-order valence-corrected chi connectivity index (χ0v) is 34.9. The van der Waals surface area contributed by atoms with Gasteiger partial charge in [0.2, 0.25) is 11.8 Å². The summed E-state index contributed by atoms with van der Waals surface area (Å²) >= 11 is 0.782. The molecule has 3 heterocycles. The van der Waals surface area contributed by atoms with Gasteiger partial charge in [-0.15, -0.1) is 0 Å². The van der Waals surface area contributed by atoms with Crippen molar-refractivity contribution in [2.75, 3.05) is 37.8 Å². The molecule has 2 aromatic heterocycles. The Hall–Kier alpha value is -3.56. The van der Waals surface area contributed by atoms with Crippen molar-refractivity contribution in [2.45, 2.75) is 70.2 Å². The van der Waals surface area contributed by atoms with E-state index in [1.54, 1.807) is 0 Å². The summed E-state index contributed by atoms with van der Waals surface area (Å²) in [5.74, 6) is -3.38. The van der Waals surface area contributed by atoms with Crippen LogP contribution in [0.25, 0.3) is 11.2 Å². The van der Waals surface area contributed by atoms with E-state index in [9.17, 15) is 72.6 Å². The molecule has 2 amide bonds. The second-order valence-electron chi connectivity index (χ2n) is 13.2. The third kappa shape index (κ3) is 16.4. The minimum Gasteiger partial charge on any atom is -0.790 e. The number of ketones is 1. The molecule has 0 saturated carbocycles. The molecule has 0 aromatic carbocycles. The number of hydrogen-bond acceptors (Lipinski definition) is 25. The molecule has 1 fully saturated rings. The highest BCUT2D eigenvalue weighted by molar-refractivity contribution is 8.13. The first-order chi connectivity index (χ1) is 27.8. The summed E-state index contributed by atoms with van der Waals surface area (Å²) < 4.78 is 60.4.